The van der Waals surface area contributed by atoms with Gasteiger partial charge in [0.15, 0.2) is 16.6 Å². The molecule has 102 valence electrons. The van der Waals surface area contributed by atoms with Gasteiger partial charge in [0.1, 0.15) is 6.61 Å². The van der Waals surface area contributed by atoms with Crippen molar-refractivity contribution in [3.8, 4) is 11.5 Å². The number of methoxy groups -OCH3 is 1. The molecule has 1 heterocycles. The highest BCUT2D eigenvalue weighted by Gasteiger charge is 2.09. The molecule has 0 bridgehead atoms. The Morgan fingerprint density at radius 2 is 2.26 bits per heavy atom. The fourth-order valence-corrected chi connectivity index (χ4v) is 2.80. The van der Waals surface area contributed by atoms with Crippen molar-refractivity contribution in [3.63, 3.8) is 0 Å². The number of nitrogens with one attached hydrogen (secondary N) is 1. The van der Waals surface area contributed by atoms with Crippen molar-refractivity contribution < 1.29 is 9.47 Å². The third-order valence-corrected chi connectivity index (χ3v) is 3.94. The van der Waals surface area contributed by atoms with Gasteiger partial charge in [-0.15, -0.1) is 0 Å². The molecule has 0 unspecified atom stereocenters. The van der Waals surface area contributed by atoms with Gasteiger partial charge < -0.3 is 14.8 Å². The van der Waals surface area contributed by atoms with E-state index in [0.717, 1.165) is 21.0 Å². The highest BCUT2D eigenvalue weighted by atomic mass is 79.9. The van der Waals surface area contributed by atoms with Gasteiger partial charge in [0.2, 0.25) is 0 Å². The molecule has 1 aromatic carbocycles. The predicted octanol–water partition coefficient (Wildman–Crippen LogP) is 3.93. The quantitative estimate of drug-likeness (QED) is 0.863. The number of ether oxygens (including phenoxy) is 2. The zero-order valence-electron chi connectivity index (χ0n) is 10.8. The largest absolute Gasteiger partial charge is 0.493 e. The zero-order chi connectivity index (χ0) is 13.7. The molecule has 2 rings (SSSR count). The van der Waals surface area contributed by atoms with E-state index in [0.29, 0.717) is 18.1 Å². The summed E-state index contributed by atoms with van der Waals surface area (Å²) in [5.41, 5.74) is 0. The summed E-state index contributed by atoms with van der Waals surface area (Å²) < 4.78 is 12.0. The molecule has 0 spiro atoms. The Kier molecular flexibility index (Phi) is 5.04. The molecular weight excluding hydrogens is 328 g/mol. The molecule has 1 aromatic heterocycles. The van der Waals surface area contributed by atoms with Crippen molar-refractivity contribution in [1.29, 1.82) is 0 Å². The number of thiazole rings is 1. The first-order chi connectivity index (χ1) is 9.24. The highest BCUT2D eigenvalue weighted by Crippen LogP contribution is 2.35. The van der Waals surface area contributed by atoms with Crippen LogP contribution in [-0.4, -0.2) is 18.6 Å². The summed E-state index contributed by atoms with van der Waals surface area (Å²) in [6.07, 6.45) is 1.83. The lowest BCUT2D eigenvalue weighted by molar-refractivity contribution is 0.285. The SMILES string of the molecule is CCNc1ncc(COc2c(Br)cccc2OC)s1. The van der Waals surface area contributed by atoms with E-state index in [1.165, 1.54) is 0 Å². The summed E-state index contributed by atoms with van der Waals surface area (Å²) in [4.78, 5) is 5.33. The molecule has 0 atom stereocenters. The highest BCUT2D eigenvalue weighted by molar-refractivity contribution is 9.10. The average molecular weight is 343 g/mol. The first-order valence-corrected chi connectivity index (χ1v) is 7.49. The summed E-state index contributed by atoms with van der Waals surface area (Å²) >= 11 is 5.05. The zero-order valence-corrected chi connectivity index (χ0v) is 13.2. The van der Waals surface area contributed by atoms with Crippen LogP contribution < -0.4 is 14.8 Å². The number of anilines is 1. The van der Waals surface area contributed by atoms with Crippen molar-refractivity contribution in [3.05, 3.63) is 33.7 Å². The molecule has 2 aromatic rings. The lowest BCUT2D eigenvalue weighted by Crippen LogP contribution is -1.96. The third-order valence-electron chi connectivity index (χ3n) is 2.39. The molecule has 0 amide bonds. The Labute approximate surface area is 124 Å². The van der Waals surface area contributed by atoms with Crippen LogP contribution in [-0.2, 0) is 6.61 Å². The van der Waals surface area contributed by atoms with E-state index in [-0.39, 0.29) is 0 Å². The molecular formula is C13H15BrN2O2S. The number of aromatic nitrogens is 1. The second-order valence-corrected chi connectivity index (χ2v) is 5.69. The van der Waals surface area contributed by atoms with Crippen LogP contribution in [0.4, 0.5) is 5.13 Å². The summed E-state index contributed by atoms with van der Waals surface area (Å²) in [6, 6.07) is 5.71. The van der Waals surface area contributed by atoms with Gasteiger partial charge in [-0.25, -0.2) is 4.98 Å². The summed E-state index contributed by atoms with van der Waals surface area (Å²) in [5, 5.41) is 4.09. The Morgan fingerprint density at radius 3 is 3.00 bits per heavy atom. The van der Waals surface area contributed by atoms with Gasteiger partial charge in [-0.05, 0) is 35.0 Å². The fourth-order valence-electron chi connectivity index (χ4n) is 1.54. The Bertz CT molecular complexity index is 545. The Hall–Kier alpha value is -1.27. The van der Waals surface area contributed by atoms with Crippen LogP contribution in [0.25, 0.3) is 0 Å². The molecule has 19 heavy (non-hydrogen) atoms. The van der Waals surface area contributed by atoms with Crippen molar-refractivity contribution in [2.24, 2.45) is 0 Å². The van der Waals surface area contributed by atoms with Crippen molar-refractivity contribution >= 4 is 32.4 Å². The fraction of sp³-hybridized carbons (Fsp3) is 0.308. The Balaban J connectivity index is 2.05. The molecule has 0 aliphatic heterocycles. The van der Waals surface area contributed by atoms with Crippen LogP contribution in [0.1, 0.15) is 11.8 Å². The van der Waals surface area contributed by atoms with Crippen molar-refractivity contribution in [1.82, 2.24) is 4.98 Å². The average Bonchev–Trinajstić information content (AvgIpc) is 2.85. The van der Waals surface area contributed by atoms with Gasteiger partial charge in [0.05, 0.1) is 16.5 Å². The number of hydrogen-bond acceptors (Lipinski definition) is 5. The second-order valence-electron chi connectivity index (χ2n) is 3.72. The van der Waals surface area contributed by atoms with Gasteiger partial charge in [0.25, 0.3) is 0 Å². The monoisotopic (exact) mass is 342 g/mol. The molecule has 0 radical (unpaired) electrons. The number of halogens is 1. The number of rotatable bonds is 6. The van der Waals surface area contributed by atoms with Crippen LogP contribution >= 0.6 is 27.3 Å². The molecule has 0 fully saturated rings. The maximum Gasteiger partial charge on any atom is 0.182 e. The lowest BCUT2D eigenvalue weighted by Gasteiger charge is -2.11. The molecule has 0 saturated carbocycles. The van der Waals surface area contributed by atoms with Crippen LogP contribution in [0.3, 0.4) is 0 Å². The van der Waals surface area contributed by atoms with E-state index in [1.54, 1.807) is 18.4 Å². The molecule has 6 heteroatoms. The molecule has 4 nitrogen and oxygen atoms in total. The minimum Gasteiger partial charge on any atom is -0.493 e. The minimum absolute atomic E-state index is 0.474. The minimum atomic E-state index is 0.474. The topological polar surface area (TPSA) is 43.4 Å². The second kappa shape index (κ2) is 6.77. The molecule has 0 aliphatic rings. The number of hydrogen-bond donors (Lipinski definition) is 1. The van der Waals surface area contributed by atoms with Gasteiger partial charge >= 0.3 is 0 Å². The van der Waals surface area contributed by atoms with Gasteiger partial charge in [-0.1, -0.05) is 17.4 Å². The van der Waals surface area contributed by atoms with Crippen molar-refractivity contribution in [2.75, 3.05) is 19.0 Å². The standard InChI is InChI=1S/C13H15BrN2O2S/c1-3-15-13-16-7-9(19-13)8-18-12-10(14)5-4-6-11(12)17-2/h4-7H,3,8H2,1-2H3,(H,15,16). The first kappa shape index (κ1) is 14.1. The van der Waals surface area contributed by atoms with Crippen LogP contribution in [0.15, 0.2) is 28.9 Å². The summed E-state index contributed by atoms with van der Waals surface area (Å²) in [7, 11) is 1.63. The molecule has 0 saturated heterocycles. The van der Waals surface area contributed by atoms with Crippen LogP contribution in [0, 0.1) is 0 Å². The number of para-hydroxylation sites is 1. The first-order valence-electron chi connectivity index (χ1n) is 5.88. The smallest absolute Gasteiger partial charge is 0.182 e. The van der Waals surface area contributed by atoms with E-state index >= 15 is 0 Å². The van der Waals surface area contributed by atoms with E-state index in [4.69, 9.17) is 9.47 Å². The van der Waals surface area contributed by atoms with Crippen molar-refractivity contribution in [2.45, 2.75) is 13.5 Å². The summed E-state index contributed by atoms with van der Waals surface area (Å²) in [5.74, 6) is 1.43. The maximum atomic E-state index is 5.81. The van der Waals surface area contributed by atoms with Gasteiger partial charge in [0, 0.05) is 12.7 Å². The number of benzene rings is 1. The molecule has 1 N–H and O–H groups in total. The van der Waals surface area contributed by atoms with E-state index in [9.17, 15) is 0 Å². The van der Waals surface area contributed by atoms with Crippen LogP contribution in [0.5, 0.6) is 11.5 Å². The lowest BCUT2D eigenvalue weighted by atomic mass is 10.3. The van der Waals surface area contributed by atoms with Crippen LogP contribution in [0.2, 0.25) is 0 Å². The van der Waals surface area contributed by atoms with E-state index in [2.05, 4.69) is 26.2 Å². The molecule has 0 aliphatic carbocycles. The third kappa shape index (κ3) is 3.61. The number of nitrogens with zero attached hydrogens (tertiary/aromatic N) is 1. The maximum absolute atomic E-state index is 5.81. The summed E-state index contributed by atoms with van der Waals surface area (Å²) in [6.45, 7) is 3.39. The Morgan fingerprint density at radius 1 is 1.42 bits per heavy atom. The predicted molar refractivity (Wildman–Crippen MR) is 81.3 cm³/mol. The van der Waals surface area contributed by atoms with E-state index < -0.39 is 0 Å². The van der Waals surface area contributed by atoms with Gasteiger partial charge in [-0.2, -0.15) is 0 Å². The van der Waals surface area contributed by atoms with E-state index in [1.807, 2.05) is 31.3 Å². The van der Waals surface area contributed by atoms with Gasteiger partial charge in [-0.3, -0.25) is 0 Å². The normalized spacial score (nSPS) is 10.3.